The van der Waals surface area contributed by atoms with Gasteiger partial charge in [0.1, 0.15) is 6.04 Å². The minimum Gasteiger partial charge on any atom is -0.480 e. The molecule has 0 saturated carbocycles. The number of likely N-dealkylation sites (N-methyl/N-ethyl adjacent to an activating group) is 1. The Morgan fingerprint density at radius 1 is 1.41 bits per heavy atom. The summed E-state index contributed by atoms with van der Waals surface area (Å²) in [4.78, 5) is 13.2. The molecule has 100 valence electrons. The van der Waals surface area contributed by atoms with Gasteiger partial charge in [0, 0.05) is 6.54 Å². The Balaban J connectivity index is 2.39. The van der Waals surface area contributed by atoms with Crippen molar-refractivity contribution >= 4 is 5.97 Å². The first-order valence-corrected chi connectivity index (χ1v) is 6.47. The fourth-order valence-electron chi connectivity index (χ4n) is 2.53. The van der Waals surface area contributed by atoms with Crippen molar-refractivity contribution in [3.63, 3.8) is 0 Å². The van der Waals surface area contributed by atoms with E-state index in [2.05, 4.69) is 31.0 Å². The molecule has 0 radical (unpaired) electrons. The van der Waals surface area contributed by atoms with Gasteiger partial charge in [-0.1, -0.05) is 20.8 Å². The highest BCUT2D eigenvalue weighted by molar-refractivity contribution is 5.73. The van der Waals surface area contributed by atoms with E-state index in [4.69, 9.17) is 5.11 Å². The second kappa shape index (κ2) is 5.83. The van der Waals surface area contributed by atoms with Crippen LogP contribution < -0.4 is 5.32 Å². The van der Waals surface area contributed by atoms with E-state index in [-0.39, 0.29) is 0 Å². The smallest absolute Gasteiger partial charge is 0.322 e. The summed E-state index contributed by atoms with van der Waals surface area (Å²) in [6.07, 6.45) is 2.36. The molecule has 0 aromatic heterocycles. The number of rotatable bonds is 4. The van der Waals surface area contributed by atoms with Crippen molar-refractivity contribution in [3.05, 3.63) is 0 Å². The fraction of sp³-hybridized carbons (Fsp3) is 0.923. The zero-order valence-corrected chi connectivity index (χ0v) is 11.5. The summed E-state index contributed by atoms with van der Waals surface area (Å²) in [6.45, 7) is 9.53. The van der Waals surface area contributed by atoms with Gasteiger partial charge in [-0.25, -0.2) is 0 Å². The Kier molecular flexibility index (Phi) is 4.95. The third kappa shape index (κ3) is 4.28. The van der Waals surface area contributed by atoms with Gasteiger partial charge in [-0.3, -0.25) is 4.79 Å². The average molecular weight is 242 g/mol. The lowest BCUT2D eigenvalue weighted by Gasteiger charge is -2.39. The zero-order chi connectivity index (χ0) is 13.1. The molecule has 1 rings (SSSR count). The Bertz CT molecular complexity index is 253. The number of carboxylic acid groups (broad SMARTS) is 1. The van der Waals surface area contributed by atoms with Gasteiger partial charge < -0.3 is 15.3 Å². The molecule has 0 spiro atoms. The summed E-state index contributed by atoms with van der Waals surface area (Å²) in [7, 11) is 1.71. The molecule has 0 bridgehead atoms. The lowest BCUT2D eigenvalue weighted by Crippen LogP contribution is -2.48. The number of carboxylic acids is 1. The summed E-state index contributed by atoms with van der Waals surface area (Å²) < 4.78 is 0. The van der Waals surface area contributed by atoms with Crippen LogP contribution in [0.15, 0.2) is 0 Å². The summed E-state index contributed by atoms with van der Waals surface area (Å²) in [5.74, 6) is 0.00191. The fourth-order valence-corrected chi connectivity index (χ4v) is 2.53. The number of hydrogen-bond donors (Lipinski definition) is 2. The Morgan fingerprint density at radius 2 is 1.94 bits per heavy atom. The summed E-state index contributed by atoms with van der Waals surface area (Å²) in [5.41, 5.74) is 0.376. The molecule has 1 saturated heterocycles. The Morgan fingerprint density at radius 3 is 2.29 bits per heavy atom. The first kappa shape index (κ1) is 14.5. The van der Waals surface area contributed by atoms with Crippen LogP contribution in [0.2, 0.25) is 0 Å². The number of nitrogens with one attached hydrogen (secondary N) is 1. The summed E-state index contributed by atoms with van der Waals surface area (Å²) >= 11 is 0. The van der Waals surface area contributed by atoms with Crippen LogP contribution in [-0.2, 0) is 4.79 Å². The number of aliphatic carboxylic acids is 1. The van der Waals surface area contributed by atoms with Crippen molar-refractivity contribution in [2.45, 2.75) is 39.7 Å². The summed E-state index contributed by atoms with van der Waals surface area (Å²) in [5, 5.41) is 11.8. The van der Waals surface area contributed by atoms with E-state index in [0.29, 0.717) is 12.0 Å². The van der Waals surface area contributed by atoms with Crippen molar-refractivity contribution in [2.75, 3.05) is 26.7 Å². The highest BCUT2D eigenvalue weighted by Gasteiger charge is 2.30. The summed E-state index contributed by atoms with van der Waals surface area (Å²) in [6, 6.07) is -0.443. The van der Waals surface area contributed by atoms with Crippen LogP contribution in [0.5, 0.6) is 0 Å². The molecule has 1 fully saturated rings. The quantitative estimate of drug-likeness (QED) is 0.783. The van der Waals surface area contributed by atoms with Crippen LogP contribution in [0.3, 0.4) is 0 Å². The molecule has 4 nitrogen and oxygen atoms in total. The van der Waals surface area contributed by atoms with Crippen molar-refractivity contribution < 1.29 is 9.90 Å². The number of likely N-dealkylation sites (tertiary alicyclic amines) is 1. The van der Waals surface area contributed by atoms with E-state index < -0.39 is 12.0 Å². The van der Waals surface area contributed by atoms with Gasteiger partial charge in [-0.2, -0.15) is 0 Å². The van der Waals surface area contributed by atoms with E-state index in [1.807, 2.05) is 0 Å². The molecular formula is C13H26N2O2. The van der Waals surface area contributed by atoms with Crippen LogP contribution in [0.25, 0.3) is 0 Å². The molecule has 0 aromatic carbocycles. The first-order valence-electron chi connectivity index (χ1n) is 6.47. The standard InChI is InChI=1S/C13H26N2O2/c1-13(2,3)10-5-7-15(8-6-10)9-11(14-4)12(16)17/h10-11,14H,5-9H2,1-4H3,(H,16,17). The lowest BCUT2D eigenvalue weighted by molar-refractivity contribution is -0.140. The van der Waals surface area contributed by atoms with Gasteiger partial charge >= 0.3 is 5.97 Å². The van der Waals surface area contributed by atoms with Crippen LogP contribution in [0.4, 0.5) is 0 Å². The molecule has 1 aliphatic heterocycles. The van der Waals surface area contributed by atoms with Crippen LogP contribution in [-0.4, -0.2) is 48.7 Å². The van der Waals surface area contributed by atoms with Crippen molar-refractivity contribution in [1.29, 1.82) is 0 Å². The molecule has 1 atom stereocenters. The highest BCUT2D eigenvalue weighted by atomic mass is 16.4. The number of piperidine rings is 1. The Hall–Kier alpha value is -0.610. The lowest BCUT2D eigenvalue weighted by atomic mass is 9.75. The van der Waals surface area contributed by atoms with E-state index >= 15 is 0 Å². The minimum atomic E-state index is -0.759. The third-order valence-electron chi connectivity index (χ3n) is 3.90. The average Bonchev–Trinajstić information content (AvgIpc) is 2.25. The van der Waals surface area contributed by atoms with Crippen molar-refractivity contribution in [2.24, 2.45) is 11.3 Å². The van der Waals surface area contributed by atoms with Crippen LogP contribution in [0, 0.1) is 11.3 Å². The number of nitrogens with zero attached hydrogens (tertiary/aromatic N) is 1. The molecular weight excluding hydrogens is 216 g/mol. The monoisotopic (exact) mass is 242 g/mol. The second-order valence-electron chi connectivity index (χ2n) is 6.12. The predicted octanol–water partition coefficient (Wildman–Crippen LogP) is 1.42. The molecule has 4 heteroatoms. The van der Waals surface area contributed by atoms with E-state index in [0.717, 1.165) is 19.0 Å². The van der Waals surface area contributed by atoms with Gasteiger partial charge in [-0.05, 0) is 44.3 Å². The maximum absolute atomic E-state index is 10.9. The Labute approximate surface area is 104 Å². The van der Waals surface area contributed by atoms with E-state index in [9.17, 15) is 4.79 Å². The van der Waals surface area contributed by atoms with Crippen molar-refractivity contribution in [1.82, 2.24) is 10.2 Å². The normalized spacial score (nSPS) is 21.4. The SMILES string of the molecule is CNC(CN1CCC(C(C)(C)C)CC1)C(=O)O. The van der Waals surface area contributed by atoms with Gasteiger partial charge in [0.2, 0.25) is 0 Å². The molecule has 2 N–H and O–H groups in total. The van der Waals surface area contributed by atoms with E-state index in [1.54, 1.807) is 7.05 Å². The predicted molar refractivity (Wildman–Crippen MR) is 69.1 cm³/mol. The molecule has 0 aliphatic carbocycles. The molecule has 17 heavy (non-hydrogen) atoms. The molecule has 0 amide bonds. The minimum absolute atomic E-state index is 0.376. The maximum Gasteiger partial charge on any atom is 0.322 e. The molecule has 1 unspecified atom stereocenters. The number of hydrogen-bond acceptors (Lipinski definition) is 3. The zero-order valence-electron chi connectivity index (χ0n) is 11.5. The second-order valence-corrected chi connectivity index (χ2v) is 6.12. The van der Waals surface area contributed by atoms with Crippen LogP contribution >= 0.6 is 0 Å². The topological polar surface area (TPSA) is 52.6 Å². The van der Waals surface area contributed by atoms with E-state index in [1.165, 1.54) is 12.8 Å². The maximum atomic E-state index is 10.9. The van der Waals surface area contributed by atoms with Crippen LogP contribution in [0.1, 0.15) is 33.6 Å². The largest absolute Gasteiger partial charge is 0.480 e. The van der Waals surface area contributed by atoms with Gasteiger partial charge in [0.05, 0.1) is 0 Å². The molecule has 1 aliphatic rings. The van der Waals surface area contributed by atoms with Gasteiger partial charge in [0.25, 0.3) is 0 Å². The van der Waals surface area contributed by atoms with Crippen molar-refractivity contribution in [3.8, 4) is 0 Å². The first-order chi connectivity index (χ1) is 7.84. The molecule has 0 aromatic rings. The number of carbonyl (C=O) groups is 1. The highest BCUT2D eigenvalue weighted by Crippen LogP contribution is 2.34. The third-order valence-corrected chi connectivity index (χ3v) is 3.90. The van der Waals surface area contributed by atoms with Gasteiger partial charge in [-0.15, -0.1) is 0 Å². The molecule has 1 heterocycles. The van der Waals surface area contributed by atoms with Gasteiger partial charge in [0.15, 0.2) is 0 Å².